The molecule has 1 saturated heterocycles. The van der Waals surface area contributed by atoms with Crippen LogP contribution in [0.5, 0.6) is 0 Å². The minimum absolute atomic E-state index is 0.377. The summed E-state index contributed by atoms with van der Waals surface area (Å²) in [4.78, 5) is 2.52. The first-order chi connectivity index (χ1) is 6.74. The SMILES string of the molecule is CCSCCCN1CCC(C)C(Cl)C1. The first-order valence-electron chi connectivity index (χ1n) is 5.68. The number of alkyl halides is 1. The zero-order valence-corrected chi connectivity index (χ0v) is 10.9. The summed E-state index contributed by atoms with van der Waals surface area (Å²) in [5, 5.41) is 0.377. The van der Waals surface area contributed by atoms with E-state index >= 15 is 0 Å². The van der Waals surface area contributed by atoms with Crippen LogP contribution in [0.15, 0.2) is 0 Å². The fraction of sp³-hybridized carbons (Fsp3) is 1.00. The number of piperidine rings is 1. The van der Waals surface area contributed by atoms with Gasteiger partial charge in [-0.2, -0.15) is 11.8 Å². The molecule has 0 N–H and O–H groups in total. The lowest BCUT2D eigenvalue weighted by Gasteiger charge is -2.33. The van der Waals surface area contributed by atoms with Crippen molar-refractivity contribution in [3.05, 3.63) is 0 Å². The quantitative estimate of drug-likeness (QED) is 0.532. The minimum atomic E-state index is 0.377. The first-order valence-corrected chi connectivity index (χ1v) is 7.27. The second kappa shape index (κ2) is 6.97. The average Bonchev–Trinajstić information content (AvgIpc) is 2.18. The molecule has 0 aromatic heterocycles. The molecule has 0 aliphatic carbocycles. The van der Waals surface area contributed by atoms with Crippen LogP contribution in [0.1, 0.15) is 26.7 Å². The van der Waals surface area contributed by atoms with Crippen LogP contribution in [-0.4, -0.2) is 41.4 Å². The summed E-state index contributed by atoms with van der Waals surface area (Å²) < 4.78 is 0. The molecule has 14 heavy (non-hydrogen) atoms. The predicted molar refractivity (Wildman–Crippen MR) is 67.5 cm³/mol. The summed E-state index contributed by atoms with van der Waals surface area (Å²) >= 11 is 8.29. The van der Waals surface area contributed by atoms with Gasteiger partial charge in [0.2, 0.25) is 0 Å². The molecular weight excluding hydrogens is 214 g/mol. The van der Waals surface area contributed by atoms with Crippen LogP contribution in [0.4, 0.5) is 0 Å². The maximum atomic E-state index is 6.26. The van der Waals surface area contributed by atoms with Crippen molar-refractivity contribution in [3.63, 3.8) is 0 Å². The molecule has 0 spiro atoms. The second-order valence-corrected chi connectivity index (χ2v) is 6.09. The minimum Gasteiger partial charge on any atom is -0.302 e. The Hall–Kier alpha value is 0.600. The molecule has 1 rings (SSSR count). The Bertz CT molecular complexity index is 154. The van der Waals surface area contributed by atoms with Crippen molar-refractivity contribution in [1.82, 2.24) is 4.90 Å². The molecule has 84 valence electrons. The Morgan fingerprint density at radius 1 is 1.50 bits per heavy atom. The van der Waals surface area contributed by atoms with E-state index in [1.807, 2.05) is 11.8 Å². The lowest BCUT2D eigenvalue weighted by atomic mass is 9.98. The normalized spacial score (nSPS) is 29.4. The summed E-state index contributed by atoms with van der Waals surface area (Å²) in [6.45, 7) is 8.08. The van der Waals surface area contributed by atoms with E-state index in [0.717, 1.165) is 6.54 Å². The lowest BCUT2D eigenvalue weighted by Crippen LogP contribution is -2.40. The molecule has 0 radical (unpaired) electrons. The van der Waals surface area contributed by atoms with Gasteiger partial charge in [-0.25, -0.2) is 0 Å². The van der Waals surface area contributed by atoms with Gasteiger partial charge in [-0.15, -0.1) is 11.6 Å². The third kappa shape index (κ3) is 4.41. The van der Waals surface area contributed by atoms with E-state index < -0.39 is 0 Å². The van der Waals surface area contributed by atoms with Gasteiger partial charge in [-0.1, -0.05) is 13.8 Å². The molecule has 2 atom stereocenters. The summed E-state index contributed by atoms with van der Waals surface area (Å²) in [5.41, 5.74) is 0. The van der Waals surface area contributed by atoms with Gasteiger partial charge in [0.05, 0.1) is 0 Å². The van der Waals surface area contributed by atoms with Crippen LogP contribution in [0.3, 0.4) is 0 Å². The molecule has 0 bridgehead atoms. The lowest BCUT2D eigenvalue weighted by molar-refractivity contribution is 0.197. The van der Waals surface area contributed by atoms with Crippen molar-refractivity contribution < 1.29 is 0 Å². The average molecular weight is 236 g/mol. The third-order valence-electron chi connectivity index (χ3n) is 2.92. The van der Waals surface area contributed by atoms with Crippen molar-refractivity contribution in [2.24, 2.45) is 5.92 Å². The van der Waals surface area contributed by atoms with E-state index in [1.54, 1.807) is 0 Å². The highest BCUT2D eigenvalue weighted by Gasteiger charge is 2.23. The van der Waals surface area contributed by atoms with Crippen molar-refractivity contribution >= 4 is 23.4 Å². The summed E-state index contributed by atoms with van der Waals surface area (Å²) in [7, 11) is 0. The number of thioether (sulfide) groups is 1. The van der Waals surface area contributed by atoms with E-state index in [4.69, 9.17) is 11.6 Å². The smallest absolute Gasteiger partial charge is 0.0489 e. The second-order valence-electron chi connectivity index (χ2n) is 4.13. The molecule has 0 amide bonds. The fourth-order valence-electron chi connectivity index (χ4n) is 1.82. The van der Waals surface area contributed by atoms with Crippen molar-refractivity contribution in [1.29, 1.82) is 0 Å². The fourth-order valence-corrected chi connectivity index (χ4v) is 2.77. The van der Waals surface area contributed by atoms with Crippen LogP contribution in [0.25, 0.3) is 0 Å². The predicted octanol–water partition coefficient (Wildman–Crippen LogP) is 3.08. The molecule has 0 saturated carbocycles. The molecule has 0 aromatic rings. The maximum Gasteiger partial charge on any atom is 0.0489 e. The molecule has 0 aromatic carbocycles. The Morgan fingerprint density at radius 2 is 2.29 bits per heavy atom. The number of likely N-dealkylation sites (tertiary alicyclic amines) is 1. The van der Waals surface area contributed by atoms with Gasteiger partial charge in [-0.05, 0) is 43.4 Å². The Morgan fingerprint density at radius 3 is 2.93 bits per heavy atom. The van der Waals surface area contributed by atoms with Crippen molar-refractivity contribution in [3.8, 4) is 0 Å². The molecule has 2 unspecified atom stereocenters. The van der Waals surface area contributed by atoms with Gasteiger partial charge in [-0.3, -0.25) is 0 Å². The van der Waals surface area contributed by atoms with Crippen molar-refractivity contribution in [2.75, 3.05) is 31.1 Å². The highest BCUT2D eigenvalue weighted by atomic mass is 35.5. The molecule has 1 aliphatic heterocycles. The maximum absolute atomic E-state index is 6.26. The van der Waals surface area contributed by atoms with Crippen molar-refractivity contribution in [2.45, 2.75) is 32.1 Å². The van der Waals surface area contributed by atoms with Gasteiger partial charge < -0.3 is 4.90 Å². The van der Waals surface area contributed by atoms with Gasteiger partial charge in [0.25, 0.3) is 0 Å². The van der Waals surface area contributed by atoms with Crippen LogP contribution in [-0.2, 0) is 0 Å². The zero-order chi connectivity index (χ0) is 10.4. The molecule has 3 heteroatoms. The summed E-state index contributed by atoms with van der Waals surface area (Å²) in [6.07, 6.45) is 2.59. The van der Waals surface area contributed by atoms with Crippen LogP contribution in [0.2, 0.25) is 0 Å². The van der Waals surface area contributed by atoms with E-state index in [2.05, 4.69) is 18.7 Å². The number of rotatable bonds is 5. The number of hydrogen-bond donors (Lipinski definition) is 0. The van der Waals surface area contributed by atoms with E-state index in [9.17, 15) is 0 Å². The van der Waals surface area contributed by atoms with Gasteiger partial charge in [0.1, 0.15) is 0 Å². The van der Waals surface area contributed by atoms with Crippen LogP contribution in [0, 0.1) is 5.92 Å². The summed E-state index contributed by atoms with van der Waals surface area (Å²) in [6, 6.07) is 0. The topological polar surface area (TPSA) is 3.24 Å². The Kier molecular flexibility index (Phi) is 6.31. The first kappa shape index (κ1) is 12.7. The van der Waals surface area contributed by atoms with Gasteiger partial charge in [0.15, 0.2) is 0 Å². The van der Waals surface area contributed by atoms with E-state index in [-0.39, 0.29) is 0 Å². The Labute approximate surface area is 97.6 Å². The highest BCUT2D eigenvalue weighted by molar-refractivity contribution is 7.99. The summed E-state index contributed by atoms with van der Waals surface area (Å²) in [5.74, 6) is 3.25. The molecule has 1 aliphatic rings. The standard InChI is InChI=1S/C11H22ClNS/c1-3-14-8-4-6-13-7-5-10(2)11(12)9-13/h10-11H,3-9H2,1-2H3. The van der Waals surface area contributed by atoms with Gasteiger partial charge >= 0.3 is 0 Å². The number of halogens is 1. The monoisotopic (exact) mass is 235 g/mol. The van der Waals surface area contributed by atoms with E-state index in [1.165, 1.54) is 37.4 Å². The molecular formula is C11H22ClNS. The molecule has 1 nitrogen and oxygen atoms in total. The zero-order valence-electron chi connectivity index (χ0n) is 9.34. The number of nitrogens with zero attached hydrogens (tertiary/aromatic N) is 1. The molecule has 1 heterocycles. The number of hydrogen-bond acceptors (Lipinski definition) is 2. The third-order valence-corrected chi connectivity index (χ3v) is 4.47. The Balaban J connectivity index is 2.07. The van der Waals surface area contributed by atoms with Gasteiger partial charge in [0, 0.05) is 11.9 Å². The highest BCUT2D eigenvalue weighted by Crippen LogP contribution is 2.21. The largest absolute Gasteiger partial charge is 0.302 e. The van der Waals surface area contributed by atoms with Crippen LogP contribution >= 0.6 is 23.4 Å². The van der Waals surface area contributed by atoms with E-state index in [0.29, 0.717) is 11.3 Å². The molecule has 1 fully saturated rings. The van der Waals surface area contributed by atoms with Crippen LogP contribution < -0.4 is 0 Å².